The molecule has 0 spiro atoms. The molecule has 1 atom stereocenters. The van der Waals surface area contributed by atoms with Crippen LogP contribution in [0.15, 0.2) is 53.1 Å². The lowest BCUT2D eigenvalue weighted by molar-refractivity contribution is 0.509. The lowest BCUT2D eigenvalue weighted by atomic mass is 9.88. The zero-order valence-electron chi connectivity index (χ0n) is 15.1. The summed E-state index contributed by atoms with van der Waals surface area (Å²) in [6.07, 6.45) is 5.34. The molecule has 0 aliphatic heterocycles. The van der Waals surface area contributed by atoms with Crippen molar-refractivity contribution >= 4 is 21.6 Å². The van der Waals surface area contributed by atoms with Crippen LogP contribution < -0.4 is 0 Å². The lowest BCUT2D eigenvalue weighted by Gasteiger charge is -2.18. The molecular weight excluding hydrogens is 338 g/mol. The molecule has 0 saturated carbocycles. The maximum Gasteiger partial charge on any atom is 0.134 e. The van der Waals surface area contributed by atoms with Crippen LogP contribution in [0, 0.1) is 12.8 Å². The SMILES string of the molecule is Cc1ccc(-c2cc(-c3ccco3)c3c4c(sc3n2)C[C@@H](C)CC4)cc1. The molecule has 0 radical (unpaired) electrons. The first-order valence-electron chi connectivity index (χ1n) is 9.25. The number of furan rings is 1. The van der Waals surface area contributed by atoms with E-state index in [1.54, 1.807) is 6.26 Å². The summed E-state index contributed by atoms with van der Waals surface area (Å²) in [5, 5.41) is 1.31. The highest BCUT2D eigenvalue weighted by atomic mass is 32.1. The van der Waals surface area contributed by atoms with Gasteiger partial charge in [0, 0.05) is 21.4 Å². The maximum absolute atomic E-state index is 5.80. The van der Waals surface area contributed by atoms with Crippen LogP contribution in [0.2, 0.25) is 0 Å². The summed E-state index contributed by atoms with van der Waals surface area (Å²) in [5.74, 6) is 1.70. The quantitative estimate of drug-likeness (QED) is 0.400. The highest BCUT2D eigenvalue weighted by Gasteiger charge is 2.24. The topological polar surface area (TPSA) is 26.0 Å². The van der Waals surface area contributed by atoms with Gasteiger partial charge in [-0.15, -0.1) is 11.3 Å². The Morgan fingerprint density at radius 2 is 2.00 bits per heavy atom. The van der Waals surface area contributed by atoms with Crippen molar-refractivity contribution < 1.29 is 4.42 Å². The average Bonchev–Trinajstić information content (AvgIpc) is 3.28. The van der Waals surface area contributed by atoms with Crippen molar-refractivity contribution in [3.8, 4) is 22.6 Å². The molecular formula is C23H21NOS. The van der Waals surface area contributed by atoms with E-state index in [2.05, 4.69) is 50.2 Å². The van der Waals surface area contributed by atoms with E-state index in [-0.39, 0.29) is 0 Å². The summed E-state index contributed by atoms with van der Waals surface area (Å²) >= 11 is 1.87. The Kier molecular flexibility index (Phi) is 3.71. The summed E-state index contributed by atoms with van der Waals surface area (Å²) in [6, 6.07) is 14.8. The minimum atomic E-state index is 0.763. The molecule has 2 nitrogen and oxygen atoms in total. The van der Waals surface area contributed by atoms with Gasteiger partial charge in [0.05, 0.1) is 12.0 Å². The summed E-state index contributed by atoms with van der Waals surface area (Å²) < 4.78 is 5.80. The molecule has 5 rings (SSSR count). The molecule has 1 aromatic carbocycles. The molecule has 3 heteroatoms. The number of thiophene rings is 1. The first kappa shape index (κ1) is 15.8. The van der Waals surface area contributed by atoms with Gasteiger partial charge in [0.1, 0.15) is 10.6 Å². The Morgan fingerprint density at radius 1 is 1.15 bits per heavy atom. The highest BCUT2D eigenvalue weighted by Crippen LogP contribution is 2.43. The van der Waals surface area contributed by atoms with Gasteiger partial charge in [-0.1, -0.05) is 36.8 Å². The van der Waals surface area contributed by atoms with E-state index in [0.29, 0.717) is 0 Å². The number of benzene rings is 1. The predicted octanol–water partition coefficient (Wildman–Crippen LogP) is 6.66. The lowest BCUT2D eigenvalue weighted by Crippen LogP contribution is -2.08. The van der Waals surface area contributed by atoms with E-state index in [9.17, 15) is 0 Å². The van der Waals surface area contributed by atoms with Gasteiger partial charge in [-0.25, -0.2) is 4.98 Å². The van der Waals surface area contributed by atoms with E-state index in [0.717, 1.165) is 34.2 Å². The van der Waals surface area contributed by atoms with Gasteiger partial charge in [-0.2, -0.15) is 0 Å². The first-order valence-corrected chi connectivity index (χ1v) is 10.1. The number of pyridine rings is 1. The van der Waals surface area contributed by atoms with E-state index in [1.807, 2.05) is 17.4 Å². The maximum atomic E-state index is 5.80. The third-order valence-corrected chi connectivity index (χ3v) is 6.55. The molecule has 130 valence electrons. The van der Waals surface area contributed by atoms with Crippen molar-refractivity contribution in [2.24, 2.45) is 5.92 Å². The second kappa shape index (κ2) is 6.10. The van der Waals surface area contributed by atoms with Crippen molar-refractivity contribution in [1.29, 1.82) is 0 Å². The second-order valence-electron chi connectivity index (χ2n) is 7.43. The van der Waals surface area contributed by atoms with Gasteiger partial charge in [-0.3, -0.25) is 0 Å². The molecule has 0 unspecified atom stereocenters. The van der Waals surface area contributed by atoms with Crippen molar-refractivity contribution in [3.63, 3.8) is 0 Å². The first-order chi connectivity index (χ1) is 12.7. The molecule has 0 bridgehead atoms. The summed E-state index contributed by atoms with van der Waals surface area (Å²) in [5.41, 5.74) is 6.13. The smallest absolute Gasteiger partial charge is 0.134 e. The van der Waals surface area contributed by atoms with Crippen LogP contribution in [-0.4, -0.2) is 4.98 Å². The zero-order chi connectivity index (χ0) is 17.7. The van der Waals surface area contributed by atoms with Gasteiger partial charge in [0.25, 0.3) is 0 Å². The van der Waals surface area contributed by atoms with Crippen molar-refractivity contribution in [1.82, 2.24) is 4.98 Å². The molecule has 0 amide bonds. The molecule has 1 aliphatic carbocycles. The monoisotopic (exact) mass is 359 g/mol. The van der Waals surface area contributed by atoms with Gasteiger partial charge < -0.3 is 4.42 Å². The average molecular weight is 359 g/mol. The molecule has 0 fully saturated rings. The zero-order valence-corrected chi connectivity index (χ0v) is 15.9. The van der Waals surface area contributed by atoms with Crippen LogP contribution in [0.25, 0.3) is 32.8 Å². The number of aryl methyl sites for hydroxylation is 2. The van der Waals surface area contributed by atoms with Crippen LogP contribution in [-0.2, 0) is 12.8 Å². The number of hydrogen-bond acceptors (Lipinski definition) is 3. The Labute approximate surface area is 157 Å². The van der Waals surface area contributed by atoms with Crippen LogP contribution in [0.4, 0.5) is 0 Å². The molecule has 26 heavy (non-hydrogen) atoms. The molecule has 0 N–H and O–H groups in total. The Bertz CT molecular complexity index is 1070. The highest BCUT2D eigenvalue weighted by molar-refractivity contribution is 7.19. The largest absolute Gasteiger partial charge is 0.464 e. The van der Waals surface area contributed by atoms with Crippen molar-refractivity contribution in [3.05, 3.63) is 64.7 Å². The molecule has 4 aromatic rings. The van der Waals surface area contributed by atoms with Crippen LogP contribution in [0.1, 0.15) is 29.3 Å². The van der Waals surface area contributed by atoms with Crippen LogP contribution in [0.3, 0.4) is 0 Å². The third kappa shape index (κ3) is 2.58. The summed E-state index contributed by atoms with van der Waals surface area (Å²) in [6.45, 7) is 4.47. The predicted molar refractivity (Wildman–Crippen MR) is 109 cm³/mol. The second-order valence-corrected chi connectivity index (χ2v) is 8.51. The Hall–Kier alpha value is -2.39. The minimum Gasteiger partial charge on any atom is -0.464 e. The number of rotatable bonds is 2. The fraction of sp³-hybridized carbons (Fsp3) is 0.261. The normalized spacial score (nSPS) is 16.8. The van der Waals surface area contributed by atoms with E-state index < -0.39 is 0 Å². The number of hydrogen-bond donors (Lipinski definition) is 0. The van der Waals surface area contributed by atoms with Gasteiger partial charge in [0.15, 0.2) is 0 Å². The molecule has 1 aliphatic rings. The van der Waals surface area contributed by atoms with Gasteiger partial charge in [-0.05, 0) is 55.9 Å². The number of nitrogens with zero attached hydrogens (tertiary/aromatic N) is 1. The summed E-state index contributed by atoms with van der Waals surface area (Å²) in [4.78, 5) is 7.71. The Morgan fingerprint density at radius 3 is 2.77 bits per heavy atom. The van der Waals surface area contributed by atoms with Gasteiger partial charge >= 0.3 is 0 Å². The van der Waals surface area contributed by atoms with Crippen molar-refractivity contribution in [2.45, 2.75) is 33.1 Å². The fourth-order valence-electron chi connectivity index (χ4n) is 3.94. The third-order valence-electron chi connectivity index (χ3n) is 5.40. The fourth-order valence-corrected chi connectivity index (χ4v) is 5.35. The van der Waals surface area contributed by atoms with Crippen LogP contribution >= 0.6 is 11.3 Å². The minimum absolute atomic E-state index is 0.763. The van der Waals surface area contributed by atoms with Gasteiger partial charge in [0.2, 0.25) is 0 Å². The molecule has 3 heterocycles. The van der Waals surface area contributed by atoms with Crippen molar-refractivity contribution in [2.75, 3.05) is 0 Å². The number of fused-ring (bicyclic) bond motifs is 3. The van der Waals surface area contributed by atoms with E-state index >= 15 is 0 Å². The molecule has 3 aromatic heterocycles. The Balaban J connectivity index is 1.78. The van der Waals surface area contributed by atoms with Crippen LogP contribution in [0.5, 0.6) is 0 Å². The summed E-state index contributed by atoms with van der Waals surface area (Å²) in [7, 11) is 0. The molecule has 0 saturated heterocycles. The number of aromatic nitrogens is 1. The van der Waals surface area contributed by atoms with E-state index in [4.69, 9.17) is 9.40 Å². The standard InChI is InChI=1S/C23H21NOS/c1-14-5-8-16(9-6-14)19-13-18(20-4-3-11-25-20)22-17-10-7-15(2)12-21(17)26-23(22)24-19/h3-6,8-9,11,13,15H,7,10,12H2,1-2H3/t15-/m0/s1. The van der Waals surface area contributed by atoms with E-state index in [1.165, 1.54) is 39.8 Å².